The minimum absolute atomic E-state index is 0. The summed E-state index contributed by atoms with van der Waals surface area (Å²) in [6, 6.07) is 6.61. The van der Waals surface area contributed by atoms with Crippen molar-refractivity contribution in [2.75, 3.05) is 19.8 Å². The summed E-state index contributed by atoms with van der Waals surface area (Å²) in [5.74, 6) is 0. The SMILES string of the molecule is CN=C(NCCc1ccc([N+](=O)[O-])cc1)SC.I. The van der Waals surface area contributed by atoms with Crippen molar-refractivity contribution in [3.63, 3.8) is 0 Å². The Labute approximate surface area is 128 Å². The van der Waals surface area contributed by atoms with Crippen LogP contribution in [0.5, 0.6) is 0 Å². The second-order valence-electron chi connectivity index (χ2n) is 3.33. The normalized spacial score (nSPS) is 10.7. The van der Waals surface area contributed by atoms with E-state index in [1.807, 2.05) is 6.26 Å². The van der Waals surface area contributed by atoms with Crippen molar-refractivity contribution in [3.05, 3.63) is 39.9 Å². The van der Waals surface area contributed by atoms with E-state index in [-0.39, 0.29) is 29.7 Å². The second kappa shape index (κ2) is 9.15. The van der Waals surface area contributed by atoms with Gasteiger partial charge in [0.1, 0.15) is 0 Å². The average Bonchev–Trinajstić information content (AvgIpc) is 2.35. The van der Waals surface area contributed by atoms with Gasteiger partial charge in [0.15, 0.2) is 5.17 Å². The molecule has 18 heavy (non-hydrogen) atoms. The van der Waals surface area contributed by atoms with Gasteiger partial charge in [-0.3, -0.25) is 15.1 Å². The molecule has 0 aromatic heterocycles. The van der Waals surface area contributed by atoms with E-state index in [1.165, 1.54) is 12.1 Å². The Kier molecular flexibility index (Phi) is 8.73. The van der Waals surface area contributed by atoms with Crippen LogP contribution in [0.3, 0.4) is 0 Å². The maximum absolute atomic E-state index is 10.5. The summed E-state index contributed by atoms with van der Waals surface area (Å²) in [5, 5.41) is 14.5. The van der Waals surface area contributed by atoms with Crippen LogP contribution in [0, 0.1) is 10.1 Å². The molecule has 0 bridgehead atoms. The molecule has 0 aliphatic carbocycles. The summed E-state index contributed by atoms with van der Waals surface area (Å²) < 4.78 is 0. The van der Waals surface area contributed by atoms with Crippen molar-refractivity contribution in [3.8, 4) is 0 Å². The van der Waals surface area contributed by atoms with Gasteiger partial charge in [0.05, 0.1) is 4.92 Å². The number of rotatable bonds is 4. The van der Waals surface area contributed by atoms with Crippen molar-refractivity contribution in [1.82, 2.24) is 5.32 Å². The van der Waals surface area contributed by atoms with E-state index < -0.39 is 4.92 Å². The smallest absolute Gasteiger partial charge is 0.269 e. The molecule has 1 aromatic carbocycles. The van der Waals surface area contributed by atoms with Crippen LogP contribution in [0.15, 0.2) is 29.3 Å². The maximum atomic E-state index is 10.5. The third-order valence-electron chi connectivity index (χ3n) is 2.23. The summed E-state index contributed by atoms with van der Waals surface area (Å²) in [7, 11) is 1.74. The lowest BCUT2D eigenvalue weighted by Crippen LogP contribution is -2.22. The molecule has 0 fully saturated rings. The number of thioether (sulfide) groups is 1. The Morgan fingerprint density at radius 2 is 2.06 bits per heavy atom. The zero-order valence-electron chi connectivity index (χ0n) is 10.3. The van der Waals surface area contributed by atoms with E-state index in [0.29, 0.717) is 0 Å². The number of non-ortho nitro benzene ring substituents is 1. The number of hydrogen-bond acceptors (Lipinski definition) is 4. The summed E-state index contributed by atoms with van der Waals surface area (Å²) >= 11 is 1.56. The first-order valence-electron chi connectivity index (χ1n) is 5.15. The predicted octanol–water partition coefficient (Wildman–Crippen LogP) is 2.69. The van der Waals surface area contributed by atoms with Crippen molar-refractivity contribution in [2.45, 2.75) is 6.42 Å². The fraction of sp³-hybridized carbons (Fsp3) is 0.364. The fourth-order valence-electron chi connectivity index (χ4n) is 1.34. The van der Waals surface area contributed by atoms with Crippen LogP contribution in [0.1, 0.15) is 5.56 Å². The first-order valence-corrected chi connectivity index (χ1v) is 6.38. The van der Waals surface area contributed by atoms with Crippen molar-refractivity contribution in [2.24, 2.45) is 4.99 Å². The fourth-order valence-corrected chi connectivity index (χ4v) is 1.77. The van der Waals surface area contributed by atoms with Gasteiger partial charge in [-0.15, -0.1) is 24.0 Å². The van der Waals surface area contributed by atoms with Gasteiger partial charge < -0.3 is 5.32 Å². The van der Waals surface area contributed by atoms with Crippen LogP contribution < -0.4 is 5.32 Å². The Morgan fingerprint density at radius 3 is 2.50 bits per heavy atom. The number of nitrogens with one attached hydrogen (secondary N) is 1. The number of aliphatic imine (C=N–C) groups is 1. The number of nitrogens with zero attached hydrogens (tertiary/aromatic N) is 2. The average molecular weight is 381 g/mol. The van der Waals surface area contributed by atoms with Crippen LogP contribution in [-0.2, 0) is 6.42 Å². The lowest BCUT2D eigenvalue weighted by molar-refractivity contribution is -0.384. The molecule has 0 heterocycles. The summed E-state index contributed by atoms with van der Waals surface area (Å²) in [4.78, 5) is 14.1. The molecule has 0 aliphatic heterocycles. The molecule has 0 saturated carbocycles. The highest BCUT2D eigenvalue weighted by molar-refractivity contribution is 14.0. The lowest BCUT2D eigenvalue weighted by atomic mass is 10.1. The number of hydrogen-bond donors (Lipinski definition) is 1. The molecule has 7 heteroatoms. The Morgan fingerprint density at radius 1 is 1.44 bits per heavy atom. The zero-order chi connectivity index (χ0) is 12.7. The lowest BCUT2D eigenvalue weighted by Gasteiger charge is -2.06. The largest absolute Gasteiger partial charge is 0.365 e. The molecule has 0 atom stereocenters. The third kappa shape index (κ3) is 5.67. The van der Waals surface area contributed by atoms with Crippen molar-refractivity contribution >= 4 is 46.6 Å². The number of benzene rings is 1. The molecule has 1 rings (SSSR count). The Hall–Kier alpha value is -0.830. The molecule has 1 aromatic rings. The van der Waals surface area contributed by atoms with E-state index in [2.05, 4.69) is 10.3 Å². The van der Waals surface area contributed by atoms with E-state index >= 15 is 0 Å². The minimum Gasteiger partial charge on any atom is -0.365 e. The maximum Gasteiger partial charge on any atom is 0.269 e. The first-order chi connectivity index (χ1) is 8.17. The summed E-state index contributed by atoms with van der Waals surface area (Å²) in [6.45, 7) is 0.769. The van der Waals surface area contributed by atoms with Crippen molar-refractivity contribution in [1.29, 1.82) is 0 Å². The minimum atomic E-state index is -0.391. The second-order valence-corrected chi connectivity index (χ2v) is 4.13. The molecule has 0 radical (unpaired) electrons. The quantitative estimate of drug-likeness (QED) is 0.286. The molecular formula is C11H16IN3O2S. The van der Waals surface area contributed by atoms with E-state index in [4.69, 9.17) is 0 Å². The van der Waals surface area contributed by atoms with Crippen LogP contribution >= 0.6 is 35.7 Å². The molecule has 0 amide bonds. The highest BCUT2D eigenvalue weighted by Gasteiger charge is 2.03. The Bertz CT molecular complexity index is 409. The van der Waals surface area contributed by atoms with Gasteiger partial charge in [0.25, 0.3) is 5.69 Å². The summed E-state index contributed by atoms with van der Waals surface area (Å²) in [6.07, 6.45) is 2.78. The monoisotopic (exact) mass is 381 g/mol. The molecule has 0 unspecified atom stereocenters. The van der Waals surface area contributed by atoms with Crippen LogP contribution in [0.4, 0.5) is 5.69 Å². The van der Waals surface area contributed by atoms with Gasteiger partial charge in [0, 0.05) is 25.7 Å². The van der Waals surface area contributed by atoms with Crippen molar-refractivity contribution < 1.29 is 4.92 Å². The van der Waals surface area contributed by atoms with Crippen LogP contribution in [-0.4, -0.2) is 29.9 Å². The molecule has 0 spiro atoms. The molecule has 0 saturated heterocycles. The highest BCUT2D eigenvalue weighted by Crippen LogP contribution is 2.11. The zero-order valence-corrected chi connectivity index (χ0v) is 13.4. The Balaban J connectivity index is 0.00000289. The number of nitro groups is 1. The highest BCUT2D eigenvalue weighted by atomic mass is 127. The van der Waals surface area contributed by atoms with Crippen LogP contribution in [0.25, 0.3) is 0 Å². The van der Waals surface area contributed by atoms with Gasteiger partial charge >= 0.3 is 0 Å². The number of nitro benzene ring substituents is 1. The van der Waals surface area contributed by atoms with E-state index in [1.54, 1.807) is 30.9 Å². The predicted molar refractivity (Wildman–Crippen MR) is 87.1 cm³/mol. The molecule has 5 nitrogen and oxygen atoms in total. The first kappa shape index (κ1) is 17.2. The standard InChI is InChI=1S/C11H15N3O2S.HI/c1-12-11(17-2)13-8-7-9-3-5-10(6-4-9)14(15)16;/h3-6H,7-8H2,1-2H3,(H,12,13);1H. The molecule has 100 valence electrons. The van der Waals surface area contributed by atoms with Gasteiger partial charge in [0.2, 0.25) is 0 Å². The van der Waals surface area contributed by atoms with Gasteiger partial charge in [-0.25, -0.2) is 0 Å². The molecule has 1 N–H and O–H groups in total. The molecular weight excluding hydrogens is 365 g/mol. The van der Waals surface area contributed by atoms with Gasteiger partial charge in [-0.1, -0.05) is 23.9 Å². The van der Waals surface area contributed by atoms with Crippen LogP contribution in [0.2, 0.25) is 0 Å². The third-order valence-corrected chi connectivity index (χ3v) is 2.95. The molecule has 0 aliphatic rings. The van der Waals surface area contributed by atoms with Gasteiger partial charge in [-0.2, -0.15) is 0 Å². The topological polar surface area (TPSA) is 67.5 Å². The van der Waals surface area contributed by atoms with E-state index in [9.17, 15) is 10.1 Å². The van der Waals surface area contributed by atoms with E-state index in [0.717, 1.165) is 23.7 Å². The number of amidine groups is 1. The van der Waals surface area contributed by atoms with Gasteiger partial charge in [-0.05, 0) is 18.2 Å². The summed E-state index contributed by atoms with van der Waals surface area (Å²) in [5.41, 5.74) is 1.20. The number of halogens is 1.